The van der Waals surface area contributed by atoms with Crippen molar-refractivity contribution in [2.45, 2.75) is 22.7 Å². The monoisotopic (exact) mass is 317 g/mol. The highest BCUT2D eigenvalue weighted by molar-refractivity contribution is 6.66. The van der Waals surface area contributed by atoms with Crippen molar-refractivity contribution in [1.82, 2.24) is 9.55 Å². The lowest BCUT2D eigenvalue weighted by Gasteiger charge is -2.13. The molecule has 1 amide bonds. The lowest BCUT2D eigenvalue weighted by atomic mass is 10.2. The molecule has 4 nitrogen and oxygen atoms in total. The van der Waals surface area contributed by atoms with Gasteiger partial charge < -0.3 is 10.3 Å². The first kappa shape index (κ1) is 13.0. The van der Waals surface area contributed by atoms with Gasteiger partial charge in [0, 0.05) is 11.6 Å². The van der Waals surface area contributed by atoms with Crippen molar-refractivity contribution in [1.29, 1.82) is 0 Å². The first-order chi connectivity index (χ1) is 8.88. The molecule has 100 valence electrons. The molecule has 1 aliphatic rings. The Morgan fingerprint density at radius 3 is 2.58 bits per heavy atom. The van der Waals surface area contributed by atoms with Crippen molar-refractivity contribution in [2.75, 3.05) is 0 Å². The standard InChI is InChI=1S/C12H10Cl3N3O/c13-12(14,15)11-17-8-5-6(10(16)19)1-4-9(8)18(11)7-2-3-7/h1,4-5,7H,2-3H2,(H2,16,19). The number of hydrogen-bond donors (Lipinski definition) is 1. The molecule has 1 aromatic heterocycles. The number of carbonyl (C=O) groups is 1. The van der Waals surface area contributed by atoms with Crippen LogP contribution in [0.1, 0.15) is 35.1 Å². The number of amides is 1. The van der Waals surface area contributed by atoms with Gasteiger partial charge in [-0.1, -0.05) is 34.8 Å². The molecule has 0 radical (unpaired) electrons. The van der Waals surface area contributed by atoms with Crippen molar-refractivity contribution >= 4 is 51.7 Å². The molecule has 19 heavy (non-hydrogen) atoms. The van der Waals surface area contributed by atoms with Crippen molar-refractivity contribution in [2.24, 2.45) is 5.73 Å². The summed E-state index contributed by atoms with van der Waals surface area (Å²) in [7, 11) is 0. The van der Waals surface area contributed by atoms with Gasteiger partial charge in [0.05, 0.1) is 11.0 Å². The molecule has 1 fully saturated rings. The third kappa shape index (κ3) is 2.29. The summed E-state index contributed by atoms with van der Waals surface area (Å²) in [5, 5.41) is 0. The SMILES string of the molecule is NC(=O)c1ccc2c(c1)nc(C(Cl)(Cl)Cl)n2C1CC1. The summed E-state index contributed by atoms with van der Waals surface area (Å²) < 4.78 is 0.349. The summed E-state index contributed by atoms with van der Waals surface area (Å²) in [4.78, 5) is 15.5. The van der Waals surface area contributed by atoms with Gasteiger partial charge >= 0.3 is 0 Å². The van der Waals surface area contributed by atoms with Crippen LogP contribution in [-0.2, 0) is 3.79 Å². The van der Waals surface area contributed by atoms with Crippen LogP contribution in [0, 0.1) is 0 Å². The van der Waals surface area contributed by atoms with E-state index in [9.17, 15) is 4.79 Å². The van der Waals surface area contributed by atoms with Gasteiger partial charge in [0.1, 0.15) is 0 Å². The molecule has 1 heterocycles. The summed E-state index contributed by atoms with van der Waals surface area (Å²) in [5.74, 6) is -0.116. The van der Waals surface area contributed by atoms with Gasteiger partial charge in [-0.3, -0.25) is 4.79 Å². The van der Waals surface area contributed by atoms with E-state index < -0.39 is 9.70 Å². The predicted octanol–water partition coefficient (Wildman–Crippen LogP) is 3.30. The van der Waals surface area contributed by atoms with Crippen molar-refractivity contribution in [3.8, 4) is 0 Å². The highest BCUT2D eigenvalue weighted by Crippen LogP contribution is 2.45. The number of halogens is 3. The molecule has 0 unspecified atom stereocenters. The van der Waals surface area contributed by atoms with E-state index in [4.69, 9.17) is 40.5 Å². The Bertz CT molecular complexity index is 671. The molecule has 0 saturated heterocycles. The van der Waals surface area contributed by atoms with Crippen LogP contribution in [0.4, 0.5) is 0 Å². The van der Waals surface area contributed by atoms with Gasteiger partial charge in [-0.15, -0.1) is 0 Å². The summed E-state index contributed by atoms with van der Waals surface area (Å²) in [5.41, 5.74) is 7.12. The quantitative estimate of drug-likeness (QED) is 0.864. The van der Waals surface area contributed by atoms with Gasteiger partial charge in [-0.05, 0) is 31.0 Å². The second-order valence-corrected chi connectivity index (χ2v) is 6.88. The Kier molecular flexibility index (Phi) is 2.93. The minimum absolute atomic E-state index is 0.315. The fourth-order valence-corrected chi connectivity index (χ4v) is 2.55. The van der Waals surface area contributed by atoms with Crippen LogP contribution in [-0.4, -0.2) is 15.5 Å². The normalized spacial score (nSPS) is 15.9. The van der Waals surface area contributed by atoms with E-state index in [1.54, 1.807) is 18.2 Å². The molecule has 1 aromatic carbocycles. The van der Waals surface area contributed by atoms with Crippen LogP contribution in [0.5, 0.6) is 0 Å². The number of alkyl halides is 3. The number of rotatable bonds is 2. The molecule has 1 saturated carbocycles. The van der Waals surface area contributed by atoms with E-state index >= 15 is 0 Å². The van der Waals surface area contributed by atoms with Gasteiger partial charge in [-0.2, -0.15) is 0 Å². The van der Waals surface area contributed by atoms with Crippen LogP contribution in [0.25, 0.3) is 11.0 Å². The predicted molar refractivity (Wildman–Crippen MR) is 75.8 cm³/mol. The van der Waals surface area contributed by atoms with E-state index in [2.05, 4.69) is 4.98 Å². The lowest BCUT2D eigenvalue weighted by molar-refractivity contribution is 0.100. The molecule has 0 bridgehead atoms. The average Bonchev–Trinajstić information content (AvgIpc) is 3.07. The minimum atomic E-state index is -1.59. The molecular formula is C12H10Cl3N3O. The number of nitrogens with zero attached hydrogens (tertiary/aromatic N) is 2. The maximum absolute atomic E-state index is 11.2. The van der Waals surface area contributed by atoms with Crippen molar-refractivity contribution in [3.63, 3.8) is 0 Å². The molecule has 7 heteroatoms. The zero-order valence-electron chi connectivity index (χ0n) is 9.74. The molecule has 2 aromatic rings. The molecular weight excluding hydrogens is 309 g/mol. The number of primary amides is 1. The van der Waals surface area contributed by atoms with E-state index in [-0.39, 0.29) is 0 Å². The topological polar surface area (TPSA) is 60.9 Å². The number of aromatic nitrogens is 2. The number of hydrogen-bond acceptors (Lipinski definition) is 2. The zero-order chi connectivity index (χ0) is 13.8. The van der Waals surface area contributed by atoms with Gasteiger partial charge in [0.15, 0.2) is 5.82 Å². The smallest absolute Gasteiger partial charge is 0.248 e. The first-order valence-electron chi connectivity index (χ1n) is 5.77. The number of carbonyl (C=O) groups excluding carboxylic acids is 1. The average molecular weight is 319 g/mol. The molecule has 3 rings (SSSR count). The summed E-state index contributed by atoms with van der Waals surface area (Å²) in [6.45, 7) is 0. The number of imidazole rings is 1. The largest absolute Gasteiger partial charge is 0.366 e. The highest BCUT2D eigenvalue weighted by Gasteiger charge is 2.36. The van der Waals surface area contributed by atoms with Gasteiger partial charge in [0.25, 0.3) is 0 Å². The fraction of sp³-hybridized carbons (Fsp3) is 0.333. The van der Waals surface area contributed by atoms with Gasteiger partial charge in [-0.25, -0.2) is 4.98 Å². The molecule has 2 N–H and O–H groups in total. The van der Waals surface area contributed by atoms with Crippen molar-refractivity contribution in [3.05, 3.63) is 29.6 Å². The first-order valence-corrected chi connectivity index (χ1v) is 6.90. The maximum Gasteiger partial charge on any atom is 0.248 e. The number of fused-ring (bicyclic) bond motifs is 1. The van der Waals surface area contributed by atoms with Crippen LogP contribution >= 0.6 is 34.8 Å². The number of nitrogens with two attached hydrogens (primary N) is 1. The molecule has 1 aliphatic carbocycles. The molecule has 0 spiro atoms. The Morgan fingerprint density at radius 2 is 2.05 bits per heavy atom. The third-order valence-corrected chi connectivity index (χ3v) is 3.65. The summed E-state index contributed by atoms with van der Waals surface area (Å²) in [6, 6.07) is 5.39. The van der Waals surface area contributed by atoms with Crippen LogP contribution < -0.4 is 5.73 Å². The van der Waals surface area contributed by atoms with E-state index in [0.717, 1.165) is 18.4 Å². The minimum Gasteiger partial charge on any atom is -0.366 e. The van der Waals surface area contributed by atoms with E-state index in [1.807, 2.05) is 4.57 Å². The maximum atomic E-state index is 11.2. The summed E-state index contributed by atoms with van der Waals surface area (Å²) >= 11 is 17.9. The number of benzene rings is 1. The third-order valence-electron chi connectivity index (χ3n) is 3.14. The van der Waals surface area contributed by atoms with Crippen LogP contribution in [0.3, 0.4) is 0 Å². The Hall–Kier alpha value is -0.970. The Morgan fingerprint density at radius 1 is 1.37 bits per heavy atom. The Labute approximate surface area is 124 Å². The van der Waals surface area contributed by atoms with Gasteiger partial charge in [0.2, 0.25) is 9.70 Å². The zero-order valence-corrected chi connectivity index (χ0v) is 12.0. The molecule has 0 aliphatic heterocycles. The Balaban J connectivity index is 2.26. The highest BCUT2D eigenvalue weighted by atomic mass is 35.6. The van der Waals surface area contributed by atoms with Crippen LogP contribution in [0.15, 0.2) is 18.2 Å². The second kappa shape index (κ2) is 4.27. The fourth-order valence-electron chi connectivity index (χ4n) is 2.15. The lowest BCUT2D eigenvalue weighted by Crippen LogP contribution is -2.11. The summed E-state index contributed by atoms with van der Waals surface area (Å²) in [6.07, 6.45) is 2.08. The van der Waals surface area contributed by atoms with E-state index in [0.29, 0.717) is 22.9 Å². The molecule has 0 atom stereocenters. The van der Waals surface area contributed by atoms with E-state index in [1.165, 1.54) is 0 Å². The second-order valence-electron chi connectivity index (χ2n) is 4.60. The van der Waals surface area contributed by atoms with Crippen molar-refractivity contribution < 1.29 is 4.79 Å². The van der Waals surface area contributed by atoms with Crippen LogP contribution in [0.2, 0.25) is 0 Å².